The molecule has 0 saturated carbocycles. The molecule has 4 aromatic carbocycles. The summed E-state index contributed by atoms with van der Waals surface area (Å²) in [6.45, 7) is 3.75. The Bertz CT molecular complexity index is 3520. The summed E-state index contributed by atoms with van der Waals surface area (Å²) in [7, 11) is 1.49. The van der Waals surface area contributed by atoms with Crippen molar-refractivity contribution in [1.82, 2.24) is 55.3 Å². The summed E-state index contributed by atoms with van der Waals surface area (Å²) in [5.41, 5.74) is 3.42. The van der Waals surface area contributed by atoms with Gasteiger partial charge >= 0.3 is 5.97 Å². The second-order valence-corrected chi connectivity index (χ2v) is 17.3. The molecule has 20 nitrogen and oxygen atoms in total. The van der Waals surface area contributed by atoms with E-state index < -0.39 is 41.0 Å². The molecule has 22 heteroatoms. The maximum atomic E-state index is 14.9. The van der Waals surface area contributed by atoms with Gasteiger partial charge in [0.1, 0.15) is 23.0 Å². The summed E-state index contributed by atoms with van der Waals surface area (Å²) in [6.07, 6.45) is 2.60. The van der Waals surface area contributed by atoms with Crippen molar-refractivity contribution in [2.45, 2.75) is 6.92 Å². The van der Waals surface area contributed by atoms with E-state index in [0.717, 1.165) is 0 Å². The predicted octanol–water partition coefficient (Wildman–Crippen LogP) is 5.27. The first kappa shape index (κ1) is 50.3. The molecule has 4 aromatic heterocycles. The van der Waals surface area contributed by atoms with Crippen LogP contribution in [-0.2, 0) is 14.3 Å². The lowest BCUT2D eigenvalue weighted by Gasteiger charge is -2.34. The molecule has 0 radical (unpaired) electrons. The lowest BCUT2D eigenvalue weighted by Crippen LogP contribution is -2.52. The highest BCUT2D eigenvalue weighted by Gasteiger charge is 2.33. The van der Waals surface area contributed by atoms with Crippen LogP contribution in [0.25, 0.3) is 44.3 Å². The number of hydrogen-bond donors (Lipinski definition) is 5. The molecule has 5 amide bonds. The number of nitrogens with one attached hydrogen (secondary N) is 5. The van der Waals surface area contributed by atoms with Gasteiger partial charge in [0.2, 0.25) is 0 Å². The van der Waals surface area contributed by atoms with Gasteiger partial charge in [-0.15, -0.1) is 0 Å². The van der Waals surface area contributed by atoms with E-state index in [0.29, 0.717) is 33.6 Å². The molecule has 8 aromatic rings. The van der Waals surface area contributed by atoms with Crippen LogP contribution >= 0.6 is 0 Å². The van der Waals surface area contributed by atoms with Gasteiger partial charge in [-0.1, -0.05) is 36.4 Å². The minimum atomic E-state index is -0.857. The van der Waals surface area contributed by atoms with Gasteiger partial charge in [0.25, 0.3) is 41.1 Å². The monoisotopic (exact) mass is 1020 g/mol. The molecule has 0 spiro atoms. The van der Waals surface area contributed by atoms with Crippen molar-refractivity contribution in [3.05, 3.63) is 155 Å². The fourth-order valence-corrected chi connectivity index (χ4v) is 8.95. The SMILES string of the molecule is CCOC(=O)c1cc(-c2ccc(F)c3c(C(=O)C(=O)N4CCN(C(=O)c5ccccc5)CC4)c[nH]c23)n[nH]1.CNC(=O)c1cc(-c2ccc(F)c3c(C(=O)C(=O)N4CCN(C(=O)c5ccccc5)CC4)c[nH]c23)n[nH]1. The lowest BCUT2D eigenvalue weighted by molar-refractivity contribution is -0.128. The molecule has 0 aliphatic carbocycles. The van der Waals surface area contributed by atoms with Gasteiger partial charge in [-0.2, -0.15) is 10.2 Å². The van der Waals surface area contributed by atoms with Crippen LogP contribution in [0.1, 0.15) is 69.3 Å². The topological polar surface area (TPSA) is 260 Å². The van der Waals surface area contributed by atoms with E-state index in [4.69, 9.17) is 4.74 Å². The van der Waals surface area contributed by atoms with Crippen molar-refractivity contribution >= 4 is 68.9 Å². The summed E-state index contributed by atoms with van der Waals surface area (Å²) in [4.78, 5) is 113. The minimum absolute atomic E-state index is 0.0294. The quantitative estimate of drug-likeness (QED) is 0.0634. The number of fused-ring (bicyclic) bond motifs is 2. The first-order chi connectivity index (χ1) is 36.3. The zero-order chi connectivity index (χ0) is 52.9. The number of nitrogens with zero attached hydrogens (tertiary/aromatic N) is 6. The average Bonchev–Trinajstić information content (AvgIpc) is 4.33. The van der Waals surface area contributed by atoms with Gasteiger partial charge < -0.3 is 39.6 Å². The number of ether oxygens (including phenoxy) is 1. The molecule has 10 rings (SSSR count). The van der Waals surface area contributed by atoms with E-state index >= 15 is 0 Å². The third-order valence-electron chi connectivity index (χ3n) is 12.9. The van der Waals surface area contributed by atoms with Crippen LogP contribution in [0.3, 0.4) is 0 Å². The standard InChI is InChI=1S/C27H24FN5O5.C26H23FN6O4/c1-2-38-27(37)21-14-20(30-31-21)17-8-9-19(28)22-18(15-29-23(17)22)24(34)26(36)33-12-10-32(11-13-33)25(35)16-6-4-3-5-7-16;1-28-24(35)20-13-19(30-31-20)16-7-8-18(27)21-17(14-29-22(16)21)23(34)26(37)33-11-9-32(10-12-33)25(36)15-5-3-2-4-6-15/h3-9,14-15,29H,2,10-13H2,1H3,(H,30,31);2-8,13-14,29H,9-12H2,1H3,(H,28,35)(H,30,31). The molecule has 2 aliphatic rings. The number of benzene rings is 4. The van der Waals surface area contributed by atoms with Gasteiger partial charge in [0.05, 0.1) is 40.2 Å². The van der Waals surface area contributed by atoms with Crippen molar-refractivity contribution in [2.24, 2.45) is 0 Å². The number of hydrogen-bond acceptors (Lipinski definition) is 11. The smallest absolute Gasteiger partial charge is 0.356 e. The van der Waals surface area contributed by atoms with Crippen LogP contribution in [0.5, 0.6) is 0 Å². The Kier molecular flexibility index (Phi) is 14.5. The summed E-state index contributed by atoms with van der Waals surface area (Å²) >= 11 is 0. The van der Waals surface area contributed by atoms with Crippen LogP contribution < -0.4 is 5.32 Å². The van der Waals surface area contributed by atoms with Gasteiger partial charge in [-0.25, -0.2) is 13.6 Å². The van der Waals surface area contributed by atoms with Crippen LogP contribution in [0.15, 0.2) is 109 Å². The molecule has 2 saturated heterocycles. The highest BCUT2D eigenvalue weighted by atomic mass is 19.1. The molecule has 0 unspecified atom stereocenters. The summed E-state index contributed by atoms with van der Waals surface area (Å²) in [5.74, 6) is -5.81. The van der Waals surface area contributed by atoms with Gasteiger partial charge in [-0.05, 0) is 67.6 Å². The molecular weight excluding hydrogens is 973 g/mol. The molecule has 2 aliphatic heterocycles. The lowest BCUT2D eigenvalue weighted by atomic mass is 10.0. The fourth-order valence-electron chi connectivity index (χ4n) is 8.95. The maximum Gasteiger partial charge on any atom is 0.356 e. The molecule has 5 N–H and O–H groups in total. The Balaban J connectivity index is 0.000000184. The number of halogens is 2. The van der Waals surface area contributed by atoms with Crippen molar-refractivity contribution in [3.8, 4) is 22.5 Å². The molecule has 2 fully saturated rings. The highest BCUT2D eigenvalue weighted by molar-refractivity contribution is 6.45. The molecule has 6 heterocycles. The first-order valence-corrected chi connectivity index (χ1v) is 23.7. The second-order valence-electron chi connectivity index (χ2n) is 17.3. The van der Waals surface area contributed by atoms with Gasteiger partial charge in [0.15, 0.2) is 0 Å². The highest BCUT2D eigenvalue weighted by Crippen LogP contribution is 2.34. The van der Waals surface area contributed by atoms with Crippen molar-refractivity contribution < 1.29 is 51.9 Å². The van der Waals surface area contributed by atoms with Crippen molar-refractivity contribution in [3.63, 3.8) is 0 Å². The number of Topliss-reactive ketones (excluding diaryl/α,β-unsaturated/α-hetero) is 2. The largest absolute Gasteiger partial charge is 0.461 e. The third-order valence-corrected chi connectivity index (χ3v) is 12.9. The van der Waals surface area contributed by atoms with E-state index in [1.165, 1.54) is 65.6 Å². The Morgan fingerprint density at radius 2 is 0.960 bits per heavy atom. The zero-order valence-electron chi connectivity index (χ0n) is 40.4. The summed E-state index contributed by atoms with van der Waals surface area (Å²) < 4.78 is 34.8. The average molecular weight is 1020 g/mol. The Morgan fingerprint density at radius 1 is 0.560 bits per heavy atom. The van der Waals surface area contributed by atoms with Crippen LogP contribution in [0.4, 0.5) is 8.78 Å². The van der Waals surface area contributed by atoms with E-state index in [2.05, 4.69) is 35.7 Å². The molecule has 382 valence electrons. The van der Waals surface area contributed by atoms with Gasteiger partial charge in [-0.3, -0.25) is 43.8 Å². The Morgan fingerprint density at radius 3 is 1.37 bits per heavy atom. The Hall–Kier alpha value is -9.60. The number of aromatic amines is 4. The molecule has 75 heavy (non-hydrogen) atoms. The summed E-state index contributed by atoms with van der Waals surface area (Å²) in [6, 6.07) is 26.0. The van der Waals surface area contributed by atoms with Crippen LogP contribution in [-0.4, -0.2) is 163 Å². The molecule has 0 bridgehead atoms. The van der Waals surface area contributed by atoms with E-state index in [1.54, 1.807) is 65.3 Å². The number of aromatic nitrogens is 6. The van der Waals surface area contributed by atoms with Crippen molar-refractivity contribution in [2.75, 3.05) is 66.0 Å². The number of carbonyl (C=O) groups excluding carboxylic acids is 8. The third kappa shape index (κ3) is 10.1. The van der Waals surface area contributed by atoms with E-state index in [1.807, 2.05) is 12.1 Å². The van der Waals surface area contributed by atoms with Crippen LogP contribution in [0, 0.1) is 11.6 Å². The number of esters is 1. The second kappa shape index (κ2) is 21.6. The van der Waals surface area contributed by atoms with E-state index in [9.17, 15) is 47.1 Å². The van der Waals surface area contributed by atoms with Gasteiger partial charge in [0, 0.05) is 105 Å². The fraction of sp³-hybridized carbons (Fsp3) is 0.208. The predicted molar refractivity (Wildman–Crippen MR) is 268 cm³/mol. The summed E-state index contributed by atoms with van der Waals surface area (Å²) in [5, 5.41) is 15.9. The Labute approximate surface area is 425 Å². The zero-order valence-corrected chi connectivity index (χ0v) is 40.4. The number of carbonyl (C=O) groups is 8. The number of ketones is 2. The van der Waals surface area contributed by atoms with E-state index in [-0.39, 0.29) is 121 Å². The number of rotatable bonds is 11. The molecular formula is C53H47F2N11O9. The number of piperazine rings is 2. The molecule has 0 atom stereocenters. The normalized spacial score (nSPS) is 13.5. The van der Waals surface area contributed by atoms with Crippen LogP contribution in [0.2, 0.25) is 0 Å². The maximum absolute atomic E-state index is 14.9. The van der Waals surface area contributed by atoms with Crippen molar-refractivity contribution in [1.29, 1.82) is 0 Å². The first-order valence-electron chi connectivity index (χ1n) is 23.7. The number of amides is 5. The number of H-pyrrole nitrogens is 4. The minimum Gasteiger partial charge on any atom is -0.461 e.